The minimum absolute atomic E-state index is 0.0374. The molecule has 0 aliphatic rings. The maximum absolute atomic E-state index is 13.4. The van der Waals surface area contributed by atoms with Crippen LogP contribution in [0.4, 0.5) is 4.39 Å². The summed E-state index contributed by atoms with van der Waals surface area (Å²) in [7, 11) is 1.36. The van der Waals surface area contributed by atoms with E-state index in [9.17, 15) is 9.18 Å². The molecule has 0 heterocycles. The van der Waals surface area contributed by atoms with Gasteiger partial charge in [0.1, 0.15) is 0 Å². The first-order valence-electron chi connectivity index (χ1n) is 5.62. The van der Waals surface area contributed by atoms with Gasteiger partial charge in [-0.05, 0) is 18.2 Å². The Morgan fingerprint density at radius 2 is 2.17 bits per heavy atom. The molecule has 0 unspecified atom stereocenters. The van der Waals surface area contributed by atoms with Gasteiger partial charge in [0.15, 0.2) is 11.6 Å². The Labute approximate surface area is 106 Å². The second-order valence-electron chi connectivity index (χ2n) is 4.85. The minimum Gasteiger partial charge on any atom is -0.494 e. The highest BCUT2D eigenvalue weighted by Crippen LogP contribution is 2.18. The van der Waals surface area contributed by atoms with Crippen molar-refractivity contribution in [3.63, 3.8) is 0 Å². The molecule has 100 valence electrons. The van der Waals surface area contributed by atoms with Crippen molar-refractivity contribution in [1.82, 2.24) is 5.32 Å². The SMILES string of the molecule is COc1ccc(C(=O)NCC(C)(C)CO)cc1F. The van der Waals surface area contributed by atoms with Crippen molar-refractivity contribution in [3.05, 3.63) is 29.6 Å². The van der Waals surface area contributed by atoms with Crippen LogP contribution in [0.25, 0.3) is 0 Å². The second-order valence-corrected chi connectivity index (χ2v) is 4.85. The van der Waals surface area contributed by atoms with Crippen LogP contribution in [0.1, 0.15) is 24.2 Å². The third-order valence-corrected chi connectivity index (χ3v) is 2.57. The lowest BCUT2D eigenvalue weighted by Crippen LogP contribution is -2.36. The van der Waals surface area contributed by atoms with Crippen LogP contribution in [-0.4, -0.2) is 31.3 Å². The maximum atomic E-state index is 13.4. The molecule has 1 amide bonds. The van der Waals surface area contributed by atoms with Crippen LogP contribution in [0, 0.1) is 11.2 Å². The van der Waals surface area contributed by atoms with Crippen molar-refractivity contribution in [2.75, 3.05) is 20.3 Å². The molecule has 1 aromatic rings. The summed E-state index contributed by atoms with van der Waals surface area (Å²) < 4.78 is 18.2. The van der Waals surface area contributed by atoms with Crippen LogP contribution < -0.4 is 10.1 Å². The summed E-state index contributed by atoms with van der Waals surface area (Å²) in [5.41, 5.74) is -0.178. The predicted octanol–water partition coefficient (Wildman–Crippen LogP) is 1.58. The molecule has 0 fully saturated rings. The fourth-order valence-corrected chi connectivity index (χ4v) is 1.29. The van der Waals surface area contributed by atoms with Gasteiger partial charge in [-0.2, -0.15) is 0 Å². The number of aliphatic hydroxyl groups excluding tert-OH is 1. The number of hydrogen-bond acceptors (Lipinski definition) is 3. The van der Waals surface area contributed by atoms with Gasteiger partial charge in [0.25, 0.3) is 5.91 Å². The molecule has 1 rings (SSSR count). The Morgan fingerprint density at radius 3 is 2.67 bits per heavy atom. The van der Waals surface area contributed by atoms with Crippen molar-refractivity contribution >= 4 is 5.91 Å². The third-order valence-electron chi connectivity index (χ3n) is 2.57. The zero-order chi connectivity index (χ0) is 13.8. The highest BCUT2D eigenvalue weighted by molar-refractivity contribution is 5.94. The van der Waals surface area contributed by atoms with E-state index in [4.69, 9.17) is 9.84 Å². The second kappa shape index (κ2) is 5.82. The van der Waals surface area contributed by atoms with Crippen molar-refractivity contribution in [1.29, 1.82) is 0 Å². The number of carbonyl (C=O) groups excluding carboxylic acids is 1. The normalized spacial score (nSPS) is 11.2. The molecule has 4 nitrogen and oxygen atoms in total. The lowest BCUT2D eigenvalue weighted by Gasteiger charge is -2.21. The molecule has 1 aromatic carbocycles. The number of rotatable bonds is 5. The Balaban J connectivity index is 2.71. The highest BCUT2D eigenvalue weighted by atomic mass is 19.1. The van der Waals surface area contributed by atoms with E-state index in [1.54, 1.807) is 0 Å². The molecule has 0 aliphatic carbocycles. The van der Waals surface area contributed by atoms with E-state index in [1.165, 1.54) is 19.2 Å². The van der Waals surface area contributed by atoms with E-state index in [0.717, 1.165) is 6.07 Å². The van der Waals surface area contributed by atoms with Gasteiger partial charge in [0.2, 0.25) is 0 Å². The third kappa shape index (κ3) is 3.70. The fraction of sp³-hybridized carbons (Fsp3) is 0.462. The van der Waals surface area contributed by atoms with E-state index in [2.05, 4.69) is 5.32 Å². The zero-order valence-corrected chi connectivity index (χ0v) is 10.8. The molecule has 0 saturated carbocycles. The quantitative estimate of drug-likeness (QED) is 0.840. The Hall–Kier alpha value is -1.62. The predicted molar refractivity (Wildman–Crippen MR) is 66.2 cm³/mol. The molecule has 0 atom stereocenters. The molecule has 0 aromatic heterocycles. The fourth-order valence-electron chi connectivity index (χ4n) is 1.29. The van der Waals surface area contributed by atoms with Crippen molar-refractivity contribution in [2.24, 2.45) is 5.41 Å². The topological polar surface area (TPSA) is 58.6 Å². The molecule has 0 aliphatic heterocycles. The smallest absolute Gasteiger partial charge is 0.251 e. The summed E-state index contributed by atoms with van der Waals surface area (Å²) >= 11 is 0. The molecule has 18 heavy (non-hydrogen) atoms. The highest BCUT2D eigenvalue weighted by Gasteiger charge is 2.18. The van der Waals surface area contributed by atoms with Crippen LogP contribution >= 0.6 is 0 Å². The Morgan fingerprint density at radius 1 is 1.50 bits per heavy atom. The number of nitrogens with one attached hydrogen (secondary N) is 1. The molecule has 2 N–H and O–H groups in total. The lowest BCUT2D eigenvalue weighted by molar-refractivity contribution is 0.0910. The maximum Gasteiger partial charge on any atom is 0.251 e. The Bertz CT molecular complexity index is 432. The summed E-state index contributed by atoms with van der Waals surface area (Å²) in [5, 5.41) is 11.7. The summed E-state index contributed by atoms with van der Waals surface area (Å²) in [6, 6.07) is 4.02. The number of hydrogen-bond donors (Lipinski definition) is 2. The van der Waals surface area contributed by atoms with Crippen LogP contribution in [0.15, 0.2) is 18.2 Å². The standard InChI is InChI=1S/C13H18FNO3/c1-13(2,8-16)7-15-12(17)9-4-5-11(18-3)10(14)6-9/h4-6,16H,7-8H2,1-3H3,(H,15,17). The number of amides is 1. The first kappa shape index (κ1) is 14.4. The number of benzene rings is 1. The van der Waals surface area contributed by atoms with Gasteiger partial charge >= 0.3 is 0 Å². The zero-order valence-electron chi connectivity index (χ0n) is 10.8. The summed E-state index contributed by atoms with van der Waals surface area (Å²) in [4.78, 5) is 11.8. The average molecular weight is 255 g/mol. The van der Waals surface area contributed by atoms with Crippen molar-refractivity contribution in [2.45, 2.75) is 13.8 Å². The largest absolute Gasteiger partial charge is 0.494 e. The summed E-state index contributed by atoms with van der Waals surface area (Å²) in [5.74, 6) is -0.855. The van der Waals surface area contributed by atoms with Crippen LogP contribution in [-0.2, 0) is 0 Å². The first-order chi connectivity index (χ1) is 8.39. The van der Waals surface area contributed by atoms with Crippen LogP contribution in [0.5, 0.6) is 5.75 Å². The van der Waals surface area contributed by atoms with Gasteiger partial charge in [-0.25, -0.2) is 4.39 Å². The molecule has 0 bridgehead atoms. The monoisotopic (exact) mass is 255 g/mol. The van der Waals surface area contributed by atoms with Gasteiger partial charge < -0.3 is 15.2 Å². The van der Waals surface area contributed by atoms with Crippen LogP contribution in [0.3, 0.4) is 0 Å². The molecule has 0 spiro atoms. The van der Waals surface area contributed by atoms with Crippen molar-refractivity contribution in [3.8, 4) is 5.75 Å². The van der Waals surface area contributed by atoms with Gasteiger partial charge in [0, 0.05) is 24.1 Å². The first-order valence-corrected chi connectivity index (χ1v) is 5.62. The number of ether oxygens (including phenoxy) is 1. The molecule has 0 radical (unpaired) electrons. The van der Waals surface area contributed by atoms with E-state index in [0.29, 0.717) is 6.54 Å². The number of carbonyl (C=O) groups is 1. The number of aliphatic hydroxyl groups is 1. The van der Waals surface area contributed by atoms with Gasteiger partial charge in [0.05, 0.1) is 7.11 Å². The molecule has 0 saturated heterocycles. The average Bonchev–Trinajstić information content (AvgIpc) is 2.36. The van der Waals surface area contributed by atoms with Gasteiger partial charge in [-0.15, -0.1) is 0 Å². The molecule has 5 heteroatoms. The van der Waals surface area contributed by atoms with Crippen LogP contribution in [0.2, 0.25) is 0 Å². The lowest BCUT2D eigenvalue weighted by atomic mass is 9.95. The minimum atomic E-state index is -0.577. The number of methoxy groups -OCH3 is 1. The molecular formula is C13H18FNO3. The summed E-state index contributed by atoms with van der Waals surface area (Å²) in [6.07, 6.45) is 0. The van der Waals surface area contributed by atoms with E-state index in [-0.39, 0.29) is 23.8 Å². The van der Waals surface area contributed by atoms with Crippen molar-refractivity contribution < 1.29 is 19.0 Å². The van der Waals surface area contributed by atoms with E-state index >= 15 is 0 Å². The van der Waals surface area contributed by atoms with E-state index < -0.39 is 11.2 Å². The van der Waals surface area contributed by atoms with Gasteiger partial charge in [-0.1, -0.05) is 13.8 Å². The van der Waals surface area contributed by atoms with E-state index in [1.807, 2.05) is 13.8 Å². The number of halogens is 1. The molecular weight excluding hydrogens is 237 g/mol. The Kier molecular flexibility index (Phi) is 4.67. The van der Waals surface area contributed by atoms with Gasteiger partial charge in [-0.3, -0.25) is 4.79 Å². The summed E-state index contributed by atoms with van der Waals surface area (Å²) in [6.45, 7) is 3.92.